The summed E-state index contributed by atoms with van der Waals surface area (Å²) >= 11 is 0. The number of hydrogen-bond acceptors (Lipinski definition) is 3. The minimum absolute atomic E-state index is 0.0608. The van der Waals surface area contributed by atoms with Crippen LogP contribution in [-0.2, 0) is 4.74 Å². The van der Waals surface area contributed by atoms with Crippen LogP contribution in [0.3, 0.4) is 0 Å². The molecule has 2 aliphatic rings. The van der Waals surface area contributed by atoms with Gasteiger partial charge >= 0.3 is 0 Å². The van der Waals surface area contributed by atoms with Crippen molar-refractivity contribution in [2.45, 2.75) is 31.4 Å². The zero-order chi connectivity index (χ0) is 14.4. The molecule has 0 saturated carbocycles. The number of nitrogens with zero attached hydrogens (tertiary/aromatic N) is 2. The number of rotatable bonds is 2. The van der Waals surface area contributed by atoms with Crippen LogP contribution in [0.2, 0.25) is 0 Å². The molecular weight excluding hydrogens is 264 g/mol. The van der Waals surface area contributed by atoms with E-state index in [-0.39, 0.29) is 12.0 Å². The number of imidazole rings is 1. The molecular formula is C17H20N2O2. The van der Waals surface area contributed by atoms with Gasteiger partial charge in [0.15, 0.2) is 0 Å². The molecule has 3 heterocycles. The van der Waals surface area contributed by atoms with Gasteiger partial charge in [-0.05, 0) is 31.2 Å². The van der Waals surface area contributed by atoms with Gasteiger partial charge in [-0.2, -0.15) is 0 Å². The molecule has 1 saturated heterocycles. The summed E-state index contributed by atoms with van der Waals surface area (Å²) in [6.45, 7) is 3.46. The molecule has 4 rings (SSSR count). The van der Waals surface area contributed by atoms with Crippen LogP contribution in [0.15, 0.2) is 36.8 Å². The van der Waals surface area contributed by atoms with Crippen molar-refractivity contribution < 1.29 is 9.84 Å². The molecule has 0 aliphatic carbocycles. The van der Waals surface area contributed by atoms with E-state index >= 15 is 0 Å². The standard InChI is InChI=1S/C17H20N2O2/c1-17(20,12-6-8-21-9-7-12)16-14-5-3-2-4-13(14)15-10-18-11-19(15)16/h2-5,10-12,16,20H,6-9H2,1H3/t16-,17+/m0/s1. The fourth-order valence-corrected chi connectivity index (χ4v) is 3.94. The van der Waals surface area contributed by atoms with Crippen molar-refractivity contribution in [3.05, 3.63) is 42.4 Å². The summed E-state index contributed by atoms with van der Waals surface area (Å²) < 4.78 is 7.58. The van der Waals surface area contributed by atoms with E-state index in [2.05, 4.69) is 21.7 Å². The van der Waals surface area contributed by atoms with E-state index in [1.54, 1.807) is 0 Å². The van der Waals surface area contributed by atoms with Gasteiger partial charge in [0.2, 0.25) is 0 Å². The van der Waals surface area contributed by atoms with Crippen LogP contribution < -0.4 is 0 Å². The Kier molecular flexibility index (Phi) is 2.91. The van der Waals surface area contributed by atoms with Gasteiger partial charge in [-0.15, -0.1) is 0 Å². The molecule has 4 nitrogen and oxygen atoms in total. The largest absolute Gasteiger partial charge is 0.387 e. The Morgan fingerprint density at radius 3 is 2.86 bits per heavy atom. The van der Waals surface area contributed by atoms with E-state index < -0.39 is 5.60 Å². The average Bonchev–Trinajstić information content (AvgIpc) is 3.08. The Labute approximate surface area is 124 Å². The predicted octanol–water partition coefficient (Wildman–Crippen LogP) is 2.63. The number of fused-ring (bicyclic) bond motifs is 3. The zero-order valence-electron chi connectivity index (χ0n) is 12.2. The Morgan fingerprint density at radius 2 is 2.05 bits per heavy atom. The summed E-state index contributed by atoms with van der Waals surface area (Å²) in [6, 6.07) is 8.27. The second-order valence-electron chi connectivity index (χ2n) is 6.29. The van der Waals surface area contributed by atoms with Gasteiger partial charge in [-0.1, -0.05) is 24.3 Å². The van der Waals surface area contributed by atoms with E-state index in [0.717, 1.165) is 31.7 Å². The second-order valence-corrected chi connectivity index (χ2v) is 6.29. The van der Waals surface area contributed by atoms with Crippen LogP contribution in [0.4, 0.5) is 0 Å². The highest BCUT2D eigenvalue weighted by Crippen LogP contribution is 2.48. The maximum absolute atomic E-state index is 11.3. The number of aliphatic hydroxyl groups is 1. The van der Waals surface area contributed by atoms with Crippen LogP contribution in [0.1, 0.15) is 31.4 Å². The summed E-state index contributed by atoms with van der Waals surface area (Å²) in [5.41, 5.74) is 2.69. The van der Waals surface area contributed by atoms with Gasteiger partial charge < -0.3 is 14.4 Å². The molecule has 21 heavy (non-hydrogen) atoms. The maximum atomic E-state index is 11.3. The van der Waals surface area contributed by atoms with Crippen LogP contribution in [0.25, 0.3) is 11.3 Å². The van der Waals surface area contributed by atoms with Crippen LogP contribution in [0, 0.1) is 5.92 Å². The minimum Gasteiger partial charge on any atom is -0.387 e. The SMILES string of the molecule is C[C@@](O)(C1CCOCC1)[C@@H]1c2ccccc2-c2cncn21. The molecule has 2 atom stereocenters. The summed E-state index contributed by atoms with van der Waals surface area (Å²) in [5, 5.41) is 11.3. The zero-order valence-corrected chi connectivity index (χ0v) is 12.2. The van der Waals surface area contributed by atoms with Crippen molar-refractivity contribution in [1.29, 1.82) is 0 Å². The van der Waals surface area contributed by atoms with E-state index in [1.807, 2.05) is 31.6 Å². The van der Waals surface area contributed by atoms with Crippen molar-refractivity contribution in [3.8, 4) is 11.3 Å². The maximum Gasteiger partial charge on any atom is 0.0957 e. The summed E-state index contributed by atoms with van der Waals surface area (Å²) in [7, 11) is 0. The molecule has 0 amide bonds. The molecule has 2 aliphatic heterocycles. The molecule has 1 aromatic heterocycles. The monoisotopic (exact) mass is 284 g/mol. The highest BCUT2D eigenvalue weighted by molar-refractivity contribution is 5.69. The van der Waals surface area contributed by atoms with Crippen molar-refractivity contribution >= 4 is 0 Å². The number of hydrogen-bond donors (Lipinski definition) is 1. The van der Waals surface area contributed by atoms with E-state index in [9.17, 15) is 5.11 Å². The van der Waals surface area contributed by atoms with Gasteiger partial charge in [0.25, 0.3) is 0 Å². The first-order valence-electron chi connectivity index (χ1n) is 7.61. The average molecular weight is 284 g/mol. The van der Waals surface area contributed by atoms with Crippen LogP contribution >= 0.6 is 0 Å². The Balaban J connectivity index is 1.81. The van der Waals surface area contributed by atoms with E-state index in [0.29, 0.717) is 0 Å². The normalized spacial score (nSPS) is 24.4. The lowest BCUT2D eigenvalue weighted by Crippen LogP contribution is -2.45. The summed E-state index contributed by atoms with van der Waals surface area (Å²) in [5.74, 6) is 0.248. The van der Waals surface area contributed by atoms with Crippen molar-refractivity contribution in [2.24, 2.45) is 5.92 Å². The lowest BCUT2D eigenvalue weighted by molar-refractivity contribution is -0.0747. The minimum atomic E-state index is -0.800. The van der Waals surface area contributed by atoms with Gasteiger partial charge in [0.1, 0.15) is 0 Å². The molecule has 0 unspecified atom stereocenters. The van der Waals surface area contributed by atoms with Crippen molar-refractivity contribution in [2.75, 3.05) is 13.2 Å². The predicted molar refractivity (Wildman–Crippen MR) is 80.0 cm³/mol. The molecule has 2 aromatic rings. The Hall–Kier alpha value is -1.65. The van der Waals surface area contributed by atoms with Crippen LogP contribution in [0.5, 0.6) is 0 Å². The van der Waals surface area contributed by atoms with Crippen molar-refractivity contribution in [3.63, 3.8) is 0 Å². The first-order chi connectivity index (χ1) is 10.2. The van der Waals surface area contributed by atoms with Gasteiger partial charge in [0, 0.05) is 18.8 Å². The van der Waals surface area contributed by atoms with Gasteiger partial charge in [0.05, 0.1) is 29.9 Å². The van der Waals surface area contributed by atoms with Crippen molar-refractivity contribution in [1.82, 2.24) is 9.55 Å². The lowest BCUT2D eigenvalue weighted by Gasteiger charge is -2.40. The molecule has 1 fully saturated rings. The number of aromatic nitrogens is 2. The topological polar surface area (TPSA) is 47.3 Å². The quantitative estimate of drug-likeness (QED) is 0.922. The summed E-state index contributed by atoms with van der Waals surface area (Å²) in [4.78, 5) is 4.28. The first kappa shape index (κ1) is 13.0. The lowest BCUT2D eigenvalue weighted by atomic mass is 9.76. The molecule has 110 valence electrons. The third-order valence-corrected chi connectivity index (χ3v) is 5.08. The first-order valence-corrected chi connectivity index (χ1v) is 7.61. The third-order valence-electron chi connectivity index (χ3n) is 5.08. The Bertz CT molecular complexity index is 656. The fourth-order valence-electron chi connectivity index (χ4n) is 3.94. The van der Waals surface area contributed by atoms with E-state index in [1.165, 1.54) is 11.1 Å². The molecule has 0 radical (unpaired) electrons. The smallest absolute Gasteiger partial charge is 0.0957 e. The van der Waals surface area contributed by atoms with E-state index in [4.69, 9.17) is 4.74 Å². The van der Waals surface area contributed by atoms with Crippen LogP contribution in [-0.4, -0.2) is 33.5 Å². The molecule has 0 spiro atoms. The van der Waals surface area contributed by atoms with Gasteiger partial charge in [-0.3, -0.25) is 0 Å². The number of benzene rings is 1. The Morgan fingerprint density at radius 1 is 1.29 bits per heavy atom. The third kappa shape index (κ3) is 1.86. The highest BCUT2D eigenvalue weighted by Gasteiger charge is 2.46. The van der Waals surface area contributed by atoms with Gasteiger partial charge in [-0.25, -0.2) is 4.98 Å². The molecule has 1 aromatic carbocycles. The molecule has 1 N–H and O–H groups in total. The molecule has 0 bridgehead atoms. The highest BCUT2D eigenvalue weighted by atomic mass is 16.5. The fraction of sp³-hybridized carbons (Fsp3) is 0.471. The summed E-state index contributed by atoms with van der Waals surface area (Å²) in [6.07, 6.45) is 5.55. The number of ether oxygens (including phenoxy) is 1. The molecule has 4 heteroatoms. The second kappa shape index (κ2) is 4.68.